The van der Waals surface area contributed by atoms with Crippen LogP contribution >= 0.6 is 7.37 Å². The predicted molar refractivity (Wildman–Crippen MR) is 80.8 cm³/mol. The van der Waals surface area contributed by atoms with E-state index in [9.17, 15) is 23.3 Å². The van der Waals surface area contributed by atoms with E-state index in [-0.39, 0.29) is 13.0 Å². The Morgan fingerprint density at radius 1 is 1.50 bits per heavy atom. The molecule has 1 aromatic heterocycles. The molecule has 24 heavy (non-hydrogen) atoms. The Labute approximate surface area is 136 Å². The van der Waals surface area contributed by atoms with Crippen molar-refractivity contribution >= 4 is 13.3 Å². The molecular formula is C13H18FN2O7P. The van der Waals surface area contributed by atoms with Gasteiger partial charge in [0.25, 0.3) is 5.56 Å². The third-order valence-corrected chi connectivity index (χ3v) is 4.05. The number of H-pyrrole nitrogens is 1. The highest BCUT2D eigenvalue weighted by Crippen LogP contribution is 2.39. The number of aromatic amines is 1. The van der Waals surface area contributed by atoms with Gasteiger partial charge in [-0.05, 0) is 0 Å². The maximum atomic E-state index is 13.4. The van der Waals surface area contributed by atoms with Gasteiger partial charge in [-0.25, -0.2) is 4.79 Å². The van der Waals surface area contributed by atoms with Crippen LogP contribution in [-0.4, -0.2) is 47.7 Å². The highest BCUT2D eigenvalue weighted by atomic mass is 31.2. The van der Waals surface area contributed by atoms with Gasteiger partial charge in [-0.1, -0.05) is 0 Å². The molecule has 0 aliphatic carbocycles. The third kappa shape index (κ3) is 4.62. The molecule has 0 amide bonds. The van der Waals surface area contributed by atoms with E-state index < -0.39 is 48.8 Å². The zero-order valence-electron chi connectivity index (χ0n) is 13.4. The maximum absolute atomic E-state index is 13.4. The number of halogens is 1. The number of rotatable bonds is 5. The standard InChI is InChI=1S/C13H18FN2O7P/c1-7(17)22-9-4-11(23-10(9)6-21-24(2,3)20)16-5-8(14)12(18)15-13(16)19/h5,9-11H,4,6H2,1-3H3,(H,15,18,19). The van der Waals surface area contributed by atoms with Crippen molar-refractivity contribution in [3.63, 3.8) is 0 Å². The molecule has 0 bridgehead atoms. The first kappa shape index (κ1) is 18.6. The predicted octanol–water partition coefficient (Wildman–Crippen LogP) is 0.449. The van der Waals surface area contributed by atoms with Crippen LogP contribution in [0.4, 0.5) is 4.39 Å². The van der Waals surface area contributed by atoms with Gasteiger partial charge in [-0.15, -0.1) is 0 Å². The third-order valence-electron chi connectivity index (χ3n) is 3.28. The molecule has 1 saturated heterocycles. The van der Waals surface area contributed by atoms with E-state index in [1.807, 2.05) is 4.98 Å². The van der Waals surface area contributed by atoms with E-state index in [1.165, 1.54) is 20.3 Å². The summed E-state index contributed by atoms with van der Waals surface area (Å²) in [4.78, 5) is 35.9. The Bertz CT molecular complexity index is 783. The first-order chi connectivity index (χ1) is 11.1. The average Bonchev–Trinajstić information content (AvgIpc) is 2.82. The fraction of sp³-hybridized carbons (Fsp3) is 0.615. The van der Waals surface area contributed by atoms with Crippen LogP contribution in [0.5, 0.6) is 0 Å². The molecule has 3 atom stereocenters. The molecule has 11 heteroatoms. The van der Waals surface area contributed by atoms with Gasteiger partial charge in [-0.3, -0.25) is 23.7 Å². The molecular weight excluding hydrogens is 346 g/mol. The minimum absolute atomic E-state index is 0.0523. The monoisotopic (exact) mass is 364 g/mol. The highest BCUT2D eigenvalue weighted by molar-refractivity contribution is 7.57. The van der Waals surface area contributed by atoms with Crippen LogP contribution in [0.2, 0.25) is 0 Å². The molecule has 0 aromatic carbocycles. The van der Waals surface area contributed by atoms with Gasteiger partial charge in [-0.2, -0.15) is 4.39 Å². The molecule has 2 heterocycles. The molecule has 1 fully saturated rings. The van der Waals surface area contributed by atoms with E-state index in [0.29, 0.717) is 0 Å². The molecule has 9 nitrogen and oxygen atoms in total. The molecule has 0 saturated carbocycles. The van der Waals surface area contributed by atoms with E-state index in [4.69, 9.17) is 14.0 Å². The SMILES string of the molecule is CC(=O)OC1CC(n2cc(F)c(=O)[nH]c2=O)OC1COP(C)(C)=O. The summed E-state index contributed by atoms with van der Waals surface area (Å²) in [5, 5.41) is 0. The fourth-order valence-electron chi connectivity index (χ4n) is 2.29. The summed E-state index contributed by atoms with van der Waals surface area (Å²) in [7, 11) is -2.79. The highest BCUT2D eigenvalue weighted by Gasteiger charge is 2.39. The van der Waals surface area contributed by atoms with Crippen LogP contribution in [0, 0.1) is 5.82 Å². The average molecular weight is 364 g/mol. The number of carbonyl (C=O) groups excluding carboxylic acids is 1. The second-order valence-corrected chi connectivity index (χ2v) is 8.47. The van der Waals surface area contributed by atoms with Crippen LogP contribution in [0.15, 0.2) is 15.8 Å². The van der Waals surface area contributed by atoms with Crippen LogP contribution < -0.4 is 11.2 Å². The Morgan fingerprint density at radius 2 is 2.17 bits per heavy atom. The van der Waals surface area contributed by atoms with Crippen molar-refractivity contribution in [1.29, 1.82) is 0 Å². The lowest BCUT2D eigenvalue weighted by atomic mass is 10.2. The van der Waals surface area contributed by atoms with Crippen molar-refractivity contribution < 1.29 is 27.7 Å². The van der Waals surface area contributed by atoms with Crippen LogP contribution in [0.1, 0.15) is 19.6 Å². The minimum Gasteiger partial charge on any atom is -0.460 e. The molecule has 0 radical (unpaired) electrons. The van der Waals surface area contributed by atoms with Crippen molar-refractivity contribution in [3.8, 4) is 0 Å². The van der Waals surface area contributed by atoms with Crippen molar-refractivity contribution in [1.82, 2.24) is 9.55 Å². The molecule has 1 aromatic rings. The molecule has 1 N–H and O–H groups in total. The van der Waals surface area contributed by atoms with Crippen LogP contribution in [-0.2, 0) is 23.4 Å². The number of carbonyl (C=O) groups is 1. The summed E-state index contributed by atoms with van der Waals surface area (Å²) in [6.45, 7) is 3.92. The number of hydrogen-bond acceptors (Lipinski definition) is 7. The molecule has 134 valence electrons. The van der Waals surface area contributed by atoms with E-state index >= 15 is 0 Å². The van der Waals surface area contributed by atoms with Gasteiger partial charge in [0.15, 0.2) is 7.37 Å². The van der Waals surface area contributed by atoms with Gasteiger partial charge in [0.05, 0.1) is 12.8 Å². The summed E-state index contributed by atoms with van der Waals surface area (Å²) >= 11 is 0. The molecule has 1 aliphatic heterocycles. The maximum Gasteiger partial charge on any atom is 0.330 e. The molecule has 1 aliphatic rings. The minimum atomic E-state index is -2.79. The van der Waals surface area contributed by atoms with E-state index in [0.717, 1.165) is 10.8 Å². The second kappa shape index (κ2) is 7.00. The zero-order valence-corrected chi connectivity index (χ0v) is 14.2. The summed E-state index contributed by atoms with van der Waals surface area (Å²) in [6, 6.07) is 0. The van der Waals surface area contributed by atoms with Crippen molar-refractivity contribution in [2.45, 2.75) is 31.8 Å². The van der Waals surface area contributed by atoms with Crippen LogP contribution in [0.3, 0.4) is 0 Å². The van der Waals surface area contributed by atoms with Crippen LogP contribution in [0.25, 0.3) is 0 Å². The van der Waals surface area contributed by atoms with Gasteiger partial charge in [0, 0.05) is 26.7 Å². The number of nitrogens with one attached hydrogen (secondary N) is 1. The van der Waals surface area contributed by atoms with Gasteiger partial charge >= 0.3 is 11.7 Å². The first-order valence-corrected chi connectivity index (χ1v) is 9.62. The molecule has 0 spiro atoms. The smallest absolute Gasteiger partial charge is 0.330 e. The van der Waals surface area contributed by atoms with Crippen molar-refractivity contribution in [3.05, 3.63) is 32.9 Å². The lowest BCUT2D eigenvalue weighted by Crippen LogP contribution is -2.34. The number of nitrogens with zero attached hydrogens (tertiary/aromatic N) is 1. The van der Waals surface area contributed by atoms with Gasteiger partial charge in [0.2, 0.25) is 5.82 Å². The van der Waals surface area contributed by atoms with Crippen molar-refractivity contribution in [2.75, 3.05) is 19.9 Å². The number of hydrogen-bond donors (Lipinski definition) is 1. The summed E-state index contributed by atoms with van der Waals surface area (Å²) in [6.07, 6.45) is -1.73. The normalized spacial score (nSPS) is 24.1. The summed E-state index contributed by atoms with van der Waals surface area (Å²) < 4.78 is 41.8. The van der Waals surface area contributed by atoms with Crippen molar-refractivity contribution in [2.24, 2.45) is 0 Å². The topological polar surface area (TPSA) is 117 Å². The number of esters is 1. The van der Waals surface area contributed by atoms with E-state index in [2.05, 4.69) is 0 Å². The lowest BCUT2D eigenvalue weighted by Gasteiger charge is -2.19. The van der Waals surface area contributed by atoms with Gasteiger partial charge < -0.3 is 14.0 Å². The number of aromatic nitrogens is 2. The first-order valence-electron chi connectivity index (χ1n) is 7.10. The second-order valence-electron chi connectivity index (χ2n) is 5.70. The Morgan fingerprint density at radius 3 is 2.75 bits per heavy atom. The Kier molecular flexibility index (Phi) is 5.42. The van der Waals surface area contributed by atoms with E-state index in [1.54, 1.807) is 0 Å². The summed E-state index contributed by atoms with van der Waals surface area (Å²) in [5.41, 5.74) is -1.99. The fourth-order valence-corrected chi connectivity index (χ4v) is 2.79. The number of ether oxygens (including phenoxy) is 2. The summed E-state index contributed by atoms with van der Waals surface area (Å²) in [5.74, 6) is -1.71. The Balaban J connectivity index is 2.23. The van der Waals surface area contributed by atoms with Gasteiger partial charge in [0.1, 0.15) is 18.4 Å². The molecule has 3 unspecified atom stereocenters. The lowest BCUT2D eigenvalue weighted by molar-refractivity contribution is -0.150. The Hall–Kier alpha value is -1.77. The molecule has 2 rings (SSSR count). The quantitative estimate of drug-likeness (QED) is 0.595. The zero-order chi connectivity index (χ0) is 18.1. The largest absolute Gasteiger partial charge is 0.460 e.